The zero-order chi connectivity index (χ0) is 12.5. The number of hydrogen-bond donors (Lipinski definition) is 2. The molecule has 0 aliphatic carbocycles. The molecular formula is C11H15N5O2. The number of hydrogen-bond acceptors (Lipinski definition) is 5. The van der Waals surface area contributed by atoms with Gasteiger partial charge in [0, 0.05) is 18.7 Å². The van der Waals surface area contributed by atoms with E-state index in [-0.39, 0.29) is 5.69 Å². The molecule has 1 aliphatic rings. The third-order valence-electron chi connectivity index (χ3n) is 3.28. The van der Waals surface area contributed by atoms with E-state index in [1.165, 1.54) is 10.7 Å². The van der Waals surface area contributed by atoms with E-state index in [9.17, 15) is 4.79 Å². The number of aromatic nitrogens is 4. The van der Waals surface area contributed by atoms with Crippen LogP contribution in [0.25, 0.3) is 5.65 Å². The Bertz CT molecular complexity index is 605. The lowest BCUT2D eigenvalue weighted by Gasteiger charge is -2.29. The smallest absolute Gasteiger partial charge is 0.348 e. The second kappa shape index (κ2) is 4.41. The van der Waals surface area contributed by atoms with E-state index in [4.69, 9.17) is 4.74 Å². The number of ether oxygens (including phenoxy) is 1. The Morgan fingerprint density at radius 2 is 2.50 bits per heavy atom. The zero-order valence-corrected chi connectivity index (χ0v) is 10.1. The second-order valence-electron chi connectivity index (χ2n) is 4.62. The highest BCUT2D eigenvalue weighted by atomic mass is 16.5. The van der Waals surface area contributed by atoms with Gasteiger partial charge in [0.25, 0.3) is 0 Å². The fourth-order valence-corrected chi connectivity index (χ4v) is 2.17. The van der Waals surface area contributed by atoms with Gasteiger partial charge in [-0.15, -0.1) is 0 Å². The number of rotatable bonds is 2. The summed E-state index contributed by atoms with van der Waals surface area (Å²) in [6, 6.07) is 2.11. The van der Waals surface area contributed by atoms with E-state index in [2.05, 4.69) is 27.4 Å². The van der Waals surface area contributed by atoms with Crippen LogP contribution in [0.4, 0.5) is 5.82 Å². The quantitative estimate of drug-likeness (QED) is 0.797. The average molecular weight is 249 g/mol. The number of nitrogens with one attached hydrogen (secondary N) is 2. The predicted octanol–water partition coefficient (Wildman–Crippen LogP) is 0.254. The van der Waals surface area contributed by atoms with Crippen molar-refractivity contribution in [1.82, 2.24) is 19.6 Å². The minimum Gasteiger partial charge on any atom is -0.381 e. The van der Waals surface area contributed by atoms with Gasteiger partial charge in [0.1, 0.15) is 12.1 Å². The molecule has 2 N–H and O–H groups in total. The lowest BCUT2D eigenvalue weighted by molar-refractivity contribution is 0.0537. The topological polar surface area (TPSA) is 84.3 Å². The summed E-state index contributed by atoms with van der Waals surface area (Å²) >= 11 is 0. The Balaban J connectivity index is 1.83. The van der Waals surface area contributed by atoms with Crippen molar-refractivity contribution in [3.63, 3.8) is 0 Å². The molecule has 2 aromatic rings. The largest absolute Gasteiger partial charge is 0.381 e. The van der Waals surface area contributed by atoms with Crippen LogP contribution in [0.2, 0.25) is 0 Å². The number of anilines is 1. The Morgan fingerprint density at radius 1 is 1.61 bits per heavy atom. The molecule has 2 unspecified atom stereocenters. The summed E-state index contributed by atoms with van der Waals surface area (Å²) in [6.07, 6.45) is 2.44. The van der Waals surface area contributed by atoms with Gasteiger partial charge in [0.05, 0.1) is 6.61 Å². The third-order valence-corrected chi connectivity index (χ3v) is 3.28. The van der Waals surface area contributed by atoms with Gasteiger partial charge in [0.15, 0.2) is 5.65 Å². The number of nitrogens with zero attached hydrogens (tertiary/aromatic N) is 3. The van der Waals surface area contributed by atoms with Crippen LogP contribution in [0.15, 0.2) is 17.2 Å². The Kier molecular flexibility index (Phi) is 2.75. The van der Waals surface area contributed by atoms with E-state index in [1.807, 2.05) is 0 Å². The molecule has 96 valence electrons. The molecule has 0 bridgehead atoms. The van der Waals surface area contributed by atoms with E-state index in [0.29, 0.717) is 17.6 Å². The molecule has 2 aromatic heterocycles. The van der Waals surface area contributed by atoms with Crippen LogP contribution in [0.3, 0.4) is 0 Å². The van der Waals surface area contributed by atoms with Crippen molar-refractivity contribution in [1.29, 1.82) is 0 Å². The molecule has 1 aliphatic heterocycles. The van der Waals surface area contributed by atoms with E-state index in [1.54, 1.807) is 6.07 Å². The van der Waals surface area contributed by atoms with E-state index in [0.717, 1.165) is 25.5 Å². The van der Waals surface area contributed by atoms with Crippen molar-refractivity contribution in [2.24, 2.45) is 5.92 Å². The summed E-state index contributed by atoms with van der Waals surface area (Å²) in [5, 5.41) is 9.67. The number of aromatic amines is 1. The maximum Gasteiger partial charge on any atom is 0.348 e. The molecule has 0 spiro atoms. The van der Waals surface area contributed by atoms with Gasteiger partial charge < -0.3 is 10.1 Å². The molecule has 1 saturated heterocycles. The van der Waals surface area contributed by atoms with Gasteiger partial charge >= 0.3 is 5.69 Å². The molecule has 0 saturated carbocycles. The predicted molar refractivity (Wildman–Crippen MR) is 65.6 cm³/mol. The molecule has 3 rings (SSSR count). The second-order valence-corrected chi connectivity index (χ2v) is 4.62. The van der Waals surface area contributed by atoms with Crippen LogP contribution in [0.1, 0.15) is 13.3 Å². The van der Waals surface area contributed by atoms with Gasteiger partial charge in [-0.05, 0) is 12.3 Å². The summed E-state index contributed by atoms with van der Waals surface area (Å²) in [4.78, 5) is 15.5. The highest BCUT2D eigenvalue weighted by Crippen LogP contribution is 2.18. The highest BCUT2D eigenvalue weighted by molar-refractivity contribution is 5.48. The monoisotopic (exact) mass is 249 g/mol. The van der Waals surface area contributed by atoms with Crippen LogP contribution in [0, 0.1) is 5.92 Å². The Morgan fingerprint density at radius 3 is 3.33 bits per heavy atom. The van der Waals surface area contributed by atoms with Crippen molar-refractivity contribution in [3.8, 4) is 0 Å². The lowest BCUT2D eigenvalue weighted by atomic mass is 9.98. The summed E-state index contributed by atoms with van der Waals surface area (Å²) in [5.74, 6) is 1.18. The fourth-order valence-electron chi connectivity index (χ4n) is 2.17. The van der Waals surface area contributed by atoms with Crippen molar-refractivity contribution in [2.75, 3.05) is 18.5 Å². The normalized spacial score (nSPS) is 24.3. The van der Waals surface area contributed by atoms with Gasteiger partial charge in [-0.2, -0.15) is 5.10 Å². The SMILES string of the molecule is CC1COCCC1Nc1cc2n[nH]c(=O)n2cn1. The minimum atomic E-state index is -0.275. The van der Waals surface area contributed by atoms with Crippen molar-refractivity contribution < 1.29 is 4.74 Å². The van der Waals surface area contributed by atoms with Gasteiger partial charge in [-0.3, -0.25) is 0 Å². The summed E-state index contributed by atoms with van der Waals surface area (Å²) in [5.41, 5.74) is 0.292. The lowest BCUT2D eigenvalue weighted by Crippen LogP contribution is -2.36. The molecule has 0 amide bonds. The first-order valence-electron chi connectivity index (χ1n) is 6.01. The van der Waals surface area contributed by atoms with Crippen LogP contribution in [0.5, 0.6) is 0 Å². The minimum absolute atomic E-state index is 0.275. The molecule has 2 atom stereocenters. The van der Waals surface area contributed by atoms with Gasteiger partial charge in [0.2, 0.25) is 0 Å². The molecule has 1 fully saturated rings. The molecule has 3 heterocycles. The van der Waals surface area contributed by atoms with E-state index < -0.39 is 0 Å². The molecule has 0 radical (unpaired) electrons. The average Bonchev–Trinajstić information content (AvgIpc) is 2.74. The molecule has 0 aromatic carbocycles. The first-order valence-corrected chi connectivity index (χ1v) is 6.01. The van der Waals surface area contributed by atoms with Crippen LogP contribution in [-0.2, 0) is 4.74 Å². The Hall–Kier alpha value is -1.89. The molecular weight excluding hydrogens is 234 g/mol. The Labute approximate surface area is 103 Å². The molecule has 18 heavy (non-hydrogen) atoms. The summed E-state index contributed by atoms with van der Waals surface area (Å²) in [7, 11) is 0. The summed E-state index contributed by atoms with van der Waals surface area (Å²) in [6.45, 7) is 3.68. The van der Waals surface area contributed by atoms with Crippen molar-refractivity contribution in [3.05, 3.63) is 22.9 Å². The first kappa shape index (κ1) is 11.2. The maximum atomic E-state index is 11.3. The maximum absolute atomic E-state index is 11.3. The zero-order valence-electron chi connectivity index (χ0n) is 10.1. The third kappa shape index (κ3) is 1.97. The summed E-state index contributed by atoms with van der Waals surface area (Å²) < 4.78 is 6.77. The van der Waals surface area contributed by atoms with E-state index >= 15 is 0 Å². The molecule has 7 nitrogen and oxygen atoms in total. The fraction of sp³-hybridized carbons (Fsp3) is 0.545. The van der Waals surface area contributed by atoms with Crippen LogP contribution in [-0.4, -0.2) is 38.8 Å². The van der Waals surface area contributed by atoms with Gasteiger partial charge in [-0.1, -0.05) is 6.92 Å². The first-order chi connectivity index (χ1) is 8.74. The standard InChI is InChI=1S/C11H15N5O2/c1-7-5-18-3-2-8(7)13-9-4-10-14-15-11(17)16(10)6-12-9/h4,6-8,13H,2-3,5H2,1H3,(H,15,17). The van der Waals surface area contributed by atoms with Crippen LogP contribution >= 0.6 is 0 Å². The highest BCUT2D eigenvalue weighted by Gasteiger charge is 2.22. The van der Waals surface area contributed by atoms with Gasteiger partial charge in [-0.25, -0.2) is 19.3 Å². The number of H-pyrrole nitrogens is 1. The number of fused-ring (bicyclic) bond motifs is 1. The van der Waals surface area contributed by atoms with Crippen LogP contribution < -0.4 is 11.0 Å². The van der Waals surface area contributed by atoms with Crippen molar-refractivity contribution in [2.45, 2.75) is 19.4 Å². The van der Waals surface area contributed by atoms with Crippen molar-refractivity contribution >= 4 is 11.5 Å². The molecule has 7 heteroatoms.